The van der Waals surface area contributed by atoms with E-state index in [2.05, 4.69) is 33.2 Å². The fraction of sp³-hybridized carbons (Fsp3) is 0.417. The van der Waals surface area contributed by atoms with Gasteiger partial charge in [0.1, 0.15) is 0 Å². The number of nitrogens with one attached hydrogen (secondary N) is 2. The van der Waals surface area contributed by atoms with E-state index in [-0.39, 0.29) is 11.8 Å². The van der Waals surface area contributed by atoms with Gasteiger partial charge in [0, 0.05) is 9.49 Å². The predicted molar refractivity (Wildman–Crippen MR) is 78.4 cm³/mol. The standard InChI is InChI=1S/C12H14ClIN2O/c13-10-2-1-9(14)7-11(10)16-12(17)8-3-5-15-6-4-8/h1-2,7-8,15H,3-6H2,(H,16,17). The van der Waals surface area contributed by atoms with Crippen LogP contribution in [0.1, 0.15) is 12.8 Å². The van der Waals surface area contributed by atoms with Crippen molar-refractivity contribution in [1.29, 1.82) is 0 Å². The van der Waals surface area contributed by atoms with Crippen molar-refractivity contribution in [3.8, 4) is 0 Å². The average molecular weight is 365 g/mol. The molecule has 1 aromatic carbocycles. The number of rotatable bonds is 2. The normalized spacial score (nSPS) is 16.8. The summed E-state index contributed by atoms with van der Waals surface area (Å²) < 4.78 is 1.06. The van der Waals surface area contributed by atoms with Gasteiger partial charge in [-0.1, -0.05) is 11.6 Å². The summed E-state index contributed by atoms with van der Waals surface area (Å²) in [6.45, 7) is 1.83. The Labute approximate surface area is 119 Å². The number of hydrogen-bond acceptors (Lipinski definition) is 2. The maximum atomic E-state index is 12.0. The minimum Gasteiger partial charge on any atom is -0.324 e. The predicted octanol–water partition coefficient (Wildman–Crippen LogP) is 2.88. The second-order valence-electron chi connectivity index (χ2n) is 4.14. The molecule has 0 unspecified atom stereocenters. The van der Waals surface area contributed by atoms with Gasteiger partial charge in [-0.05, 0) is 66.7 Å². The Morgan fingerprint density at radius 2 is 2.12 bits per heavy atom. The first-order valence-corrected chi connectivity index (χ1v) is 7.09. The summed E-state index contributed by atoms with van der Waals surface area (Å²) in [6.07, 6.45) is 1.79. The molecule has 0 saturated carbocycles. The van der Waals surface area contributed by atoms with Crippen LogP contribution in [0.4, 0.5) is 5.69 Å². The number of piperidine rings is 1. The summed E-state index contributed by atoms with van der Waals surface area (Å²) >= 11 is 8.25. The summed E-state index contributed by atoms with van der Waals surface area (Å²) in [5, 5.41) is 6.75. The first-order valence-electron chi connectivity index (χ1n) is 5.63. The zero-order valence-electron chi connectivity index (χ0n) is 9.30. The molecule has 1 fully saturated rings. The van der Waals surface area contributed by atoms with Crippen LogP contribution < -0.4 is 10.6 Å². The van der Waals surface area contributed by atoms with Crippen LogP contribution in [0.25, 0.3) is 0 Å². The van der Waals surface area contributed by atoms with Gasteiger partial charge in [0.25, 0.3) is 0 Å². The van der Waals surface area contributed by atoms with Crippen LogP contribution in [0.15, 0.2) is 18.2 Å². The zero-order chi connectivity index (χ0) is 12.3. The molecule has 0 bridgehead atoms. The van der Waals surface area contributed by atoms with Gasteiger partial charge in [-0.15, -0.1) is 0 Å². The van der Waals surface area contributed by atoms with Gasteiger partial charge in [0.15, 0.2) is 0 Å². The lowest BCUT2D eigenvalue weighted by molar-refractivity contribution is -0.120. The average Bonchev–Trinajstić information content (AvgIpc) is 2.35. The van der Waals surface area contributed by atoms with Gasteiger partial charge in [-0.2, -0.15) is 0 Å². The molecule has 92 valence electrons. The molecule has 3 nitrogen and oxygen atoms in total. The van der Waals surface area contributed by atoms with Crippen molar-refractivity contribution in [2.45, 2.75) is 12.8 Å². The van der Waals surface area contributed by atoms with Crippen LogP contribution in [-0.4, -0.2) is 19.0 Å². The number of benzene rings is 1. The Kier molecular flexibility index (Phi) is 4.64. The minimum absolute atomic E-state index is 0.0791. The first-order chi connectivity index (χ1) is 8.16. The van der Waals surface area contributed by atoms with Crippen LogP contribution in [0, 0.1) is 9.49 Å². The fourth-order valence-corrected chi connectivity index (χ4v) is 2.57. The van der Waals surface area contributed by atoms with Crippen molar-refractivity contribution in [2.75, 3.05) is 18.4 Å². The van der Waals surface area contributed by atoms with Crippen molar-refractivity contribution in [1.82, 2.24) is 5.32 Å². The molecule has 5 heteroatoms. The molecule has 0 radical (unpaired) electrons. The molecule has 0 spiro atoms. The SMILES string of the molecule is O=C(Nc1cc(I)ccc1Cl)C1CCNCC1. The monoisotopic (exact) mass is 364 g/mol. The Morgan fingerprint density at radius 3 is 2.82 bits per heavy atom. The molecule has 1 aliphatic rings. The van der Waals surface area contributed by atoms with Gasteiger partial charge >= 0.3 is 0 Å². The molecule has 1 amide bonds. The molecule has 1 saturated heterocycles. The molecule has 1 aliphatic heterocycles. The summed E-state index contributed by atoms with van der Waals surface area (Å²) in [7, 11) is 0. The van der Waals surface area contributed by atoms with E-state index < -0.39 is 0 Å². The summed E-state index contributed by atoms with van der Waals surface area (Å²) in [5.41, 5.74) is 0.710. The molecule has 0 aliphatic carbocycles. The maximum absolute atomic E-state index is 12.0. The highest BCUT2D eigenvalue weighted by Crippen LogP contribution is 2.25. The Morgan fingerprint density at radius 1 is 1.41 bits per heavy atom. The highest BCUT2D eigenvalue weighted by Gasteiger charge is 2.21. The molecule has 1 aromatic rings. The quantitative estimate of drug-likeness (QED) is 0.792. The van der Waals surface area contributed by atoms with Crippen molar-refractivity contribution >= 4 is 45.8 Å². The Bertz CT molecular complexity index is 419. The van der Waals surface area contributed by atoms with Gasteiger partial charge < -0.3 is 10.6 Å². The van der Waals surface area contributed by atoms with Crippen molar-refractivity contribution in [3.63, 3.8) is 0 Å². The fourth-order valence-electron chi connectivity index (χ4n) is 1.91. The van der Waals surface area contributed by atoms with E-state index in [1.807, 2.05) is 12.1 Å². The lowest BCUT2D eigenvalue weighted by Gasteiger charge is -2.22. The van der Waals surface area contributed by atoms with E-state index in [0.717, 1.165) is 29.5 Å². The Hall–Kier alpha value is -0.330. The number of amides is 1. The zero-order valence-corrected chi connectivity index (χ0v) is 12.2. The van der Waals surface area contributed by atoms with Crippen LogP contribution >= 0.6 is 34.2 Å². The van der Waals surface area contributed by atoms with E-state index in [0.29, 0.717) is 10.7 Å². The van der Waals surface area contributed by atoms with E-state index in [9.17, 15) is 4.79 Å². The number of carbonyl (C=O) groups excluding carboxylic acids is 1. The molecule has 1 heterocycles. The molecule has 17 heavy (non-hydrogen) atoms. The minimum atomic E-state index is 0.0791. The van der Waals surface area contributed by atoms with Crippen LogP contribution in [0.5, 0.6) is 0 Å². The van der Waals surface area contributed by atoms with E-state index >= 15 is 0 Å². The number of hydrogen-bond donors (Lipinski definition) is 2. The highest BCUT2D eigenvalue weighted by atomic mass is 127. The molecule has 0 aromatic heterocycles. The number of anilines is 1. The summed E-state index contributed by atoms with van der Waals surface area (Å²) in [5.74, 6) is 0.181. The Balaban J connectivity index is 2.04. The molecular weight excluding hydrogens is 351 g/mol. The number of carbonyl (C=O) groups is 1. The van der Waals surface area contributed by atoms with Gasteiger partial charge in [0.2, 0.25) is 5.91 Å². The van der Waals surface area contributed by atoms with E-state index in [1.165, 1.54) is 0 Å². The van der Waals surface area contributed by atoms with E-state index in [1.54, 1.807) is 6.07 Å². The second-order valence-corrected chi connectivity index (χ2v) is 5.79. The topological polar surface area (TPSA) is 41.1 Å². The van der Waals surface area contributed by atoms with Crippen molar-refractivity contribution in [2.24, 2.45) is 5.92 Å². The highest BCUT2D eigenvalue weighted by molar-refractivity contribution is 14.1. The third-order valence-corrected chi connectivity index (χ3v) is 3.90. The van der Waals surface area contributed by atoms with Crippen LogP contribution in [0.3, 0.4) is 0 Å². The van der Waals surface area contributed by atoms with Crippen LogP contribution in [0.2, 0.25) is 5.02 Å². The summed E-state index contributed by atoms with van der Waals surface area (Å²) in [4.78, 5) is 12.0. The first kappa shape index (κ1) is 13.1. The lowest BCUT2D eigenvalue weighted by Crippen LogP contribution is -2.34. The molecular formula is C12H14ClIN2O. The van der Waals surface area contributed by atoms with Crippen molar-refractivity contribution < 1.29 is 4.79 Å². The largest absolute Gasteiger partial charge is 0.324 e. The van der Waals surface area contributed by atoms with Crippen molar-refractivity contribution in [3.05, 3.63) is 26.8 Å². The van der Waals surface area contributed by atoms with Crippen LogP contribution in [-0.2, 0) is 4.79 Å². The van der Waals surface area contributed by atoms with Gasteiger partial charge in [0.05, 0.1) is 10.7 Å². The third kappa shape index (κ3) is 3.56. The third-order valence-electron chi connectivity index (χ3n) is 2.90. The lowest BCUT2D eigenvalue weighted by atomic mass is 9.97. The van der Waals surface area contributed by atoms with Gasteiger partial charge in [-0.3, -0.25) is 4.79 Å². The molecule has 0 atom stereocenters. The molecule has 2 rings (SSSR count). The van der Waals surface area contributed by atoms with E-state index in [4.69, 9.17) is 11.6 Å². The summed E-state index contributed by atoms with van der Waals surface area (Å²) in [6, 6.07) is 5.62. The van der Waals surface area contributed by atoms with Gasteiger partial charge in [-0.25, -0.2) is 0 Å². The second kappa shape index (κ2) is 6.02. The maximum Gasteiger partial charge on any atom is 0.227 e. The number of halogens is 2. The smallest absolute Gasteiger partial charge is 0.227 e. The molecule has 2 N–H and O–H groups in total.